The third kappa shape index (κ3) is 3.36. The monoisotopic (exact) mass is 298 g/mol. The van der Waals surface area contributed by atoms with Crippen molar-refractivity contribution >= 4 is 17.8 Å². The molecule has 2 aromatic heterocycles. The molecule has 1 unspecified atom stereocenters. The summed E-state index contributed by atoms with van der Waals surface area (Å²) in [4.78, 5) is 30.4. The quantitative estimate of drug-likeness (QED) is 0.929. The zero-order valence-corrected chi connectivity index (χ0v) is 12.4. The maximum atomic E-state index is 11.5. The highest BCUT2D eigenvalue weighted by Gasteiger charge is 2.24. The van der Waals surface area contributed by atoms with E-state index < -0.39 is 0 Å². The molecule has 114 valence electrons. The SMILES string of the molecule is CC(=O)N1CCCC(c2ccnc(Nc3ncccn3)n2)C1. The number of aromatic nitrogens is 4. The lowest BCUT2D eigenvalue weighted by Crippen LogP contribution is -2.37. The number of amides is 1. The highest BCUT2D eigenvalue weighted by Crippen LogP contribution is 2.26. The van der Waals surface area contributed by atoms with Crippen LogP contribution in [0.4, 0.5) is 11.9 Å². The van der Waals surface area contributed by atoms with Gasteiger partial charge >= 0.3 is 0 Å². The van der Waals surface area contributed by atoms with E-state index in [2.05, 4.69) is 25.3 Å². The summed E-state index contributed by atoms with van der Waals surface area (Å²) in [6.07, 6.45) is 7.07. The zero-order valence-electron chi connectivity index (χ0n) is 12.4. The fraction of sp³-hybridized carbons (Fsp3) is 0.400. The summed E-state index contributed by atoms with van der Waals surface area (Å²) < 4.78 is 0. The predicted molar refractivity (Wildman–Crippen MR) is 81.6 cm³/mol. The number of hydrogen-bond donors (Lipinski definition) is 1. The molecule has 2 aromatic rings. The average molecular weight is 298 g/mol. The van der Waals surface area contributed by atoms with E-state index in [0.29, 0.717) is 18.4 Å². The van der Waals surface area contributed by atoms with Crippen molar-refractivity contribution in [3.05, 3.63) is 36.4 Å². The molecule has 1 amide bonds. The largest absolute Gasteiger partial charge is 0.342 e. The first-order valence-corrected chi connectivity index (χ1v) is 7.35. The summed E-state index contributed by atoms with van der Waals surface area (Å²) in [6.45, 7) is 3.16. The molecule has 7 heteroatoms. The van der Waals surface area contributed by atoms with Crippen LogP contribution in [0.5, 0.6) is 0 Å². The van der Waals surface area contributed by atoms with Crippen molar-refractivity contribution in [1.82, 2.24) is 24.8 Å². The lowest BCUT2D eigenvalue weighted by Gasteiger charge is -2.31. The number of nitrogens with one attached hydrogen (secondary N) is 1. The Labute approximate surface area is 128 Å². The number of carbonyl (C=O) groups excluding carboxylic acids is 1. The van der Waals surface area contributed by atoms with Crippen molar-refractivity contribution in [2.45, 2.75) is 25.7 Å². The first kappa shape index (κ1) is 14.4. The second-order valence-electron chi connectivity index (χ2n) is 5.31. The van der Waals surface area contributed by atoms with Gasteiger partial charge in [0.1, 0.15) is 0 Å². The number of nitrogens with zero attached hydrogens (tertiary/aromatic N) is 5. The van der Waals surface area contributed by atoms with Gasteiger partial charge in [0.15, 0.2) is 0 Å². The van der Waals surface area contributed by atoms with Crippen LogP contribution in [0.25, 0.3) is 0 Å². The van der Waals surface area contributed by atoms with Crippen LogP contribution in [0.2, 0.25) is 0 Å². The summed E-state index contributed by atoms with van der Waals surface area (Å²) in [5.74, 6) is 1.31. The number of carbonyl (C=O) groups is 1. The van der Waals surface area contributed by atoms with Crippen molar-refractivity contribution in [2.75, 3.05) is 18.4 Å². The van der Waals surface area contributed by atoms with Crippen molar-refractivity contribution in [3.63, 3.8) is 0 Å². The maximum absolute atomic E-state index is 11.5. The Kier molecular flexibility index (Phi) is 4.22. The summed E-state index contributed by atoms with van der Waals surface area (Å²) >= 11 is 0. The van der Waals surface area contributed by atoms with E-state index in [4.69, 9.17) is 0 Å². The minimum Gasteiger partial charge on any atom is -0.342 e. The predicted octanol–water partition coefficient (Wildman–Crippen LogP) is 1.74. The number of piperidine rings is 1. The highest BCUT2D eigenvalue weighted by molar-refractivity contribution is 5.73. The molecule has 1 aliphatic rings. The van der Waals surface area contributed by atoms with Crippen LogP contribution < -0.4 is 5.32 Å². The third-order valence-corrected chi connectivity index (χ3v) is 3.75. The molecular formula is C15H18N6O. The molecule has 1 saturated heterocycles. The van der Waals surface area contributed by atoms with Gasteiger partial charge in [-0.1, -0.05) is 0 Å². The van der Waals surface area contributed by atoms with Gasteiger partial charge in [-0.15, -0.1) is 0 Å². The minimum absolute atomic E-state index is 0.120. The van der Waals surface area contributed by atoms with E-state index in [1.165, 1.54) is 0 Å². The number of likely N-dealkylation sites (tertiary alicyclic amines) is 1. The van der Waals surface area contributed by atoms with E-state index in [9.17, 15) is 4.79 Å². The number of rotatable bonds is 3. The van der Waals surface area contributed by atoms with Crippen LogP contribution in [0.1, 0.15) is 31.4 Å². The standard InChI is InChI=1S/C15H18N6O/c1-11(22)21-9-2-4-12(10-21)13-5-8-18-15(19-13)20-14-16-6-3-7-17-14/h3,5-8,12H,2,4,9-10H2,1H3,(H,16,17,18,19,20). The first-order chi connectivity index (χ1) is 10.7. The molecule has 1 atom stereocenters. The Morgan fingerprint density at radius 2 is 2.00 bits per heavy atom. The second-order valence-corrected chi connectivity index (χ2v) is 5.31. The average Bonchev–Trinajstić information content (AvgIpc) is 2.56. The molecule has 3 heterocycles. The Hall–Kier alpha value is -2.57. The van der Waals surface area contributed by atoms with Crippen molar-refractivity contribution < 1.29 is 4.79 Å². The Morgan fingerprint density at radius 3 is 2.77 bits per heavy atom. The first-order valence-electron chi connectivity index (χ1n) is 7.35. The molecule has 0 bridgehead atoms. The maximum Gasteiger partial charge on any atom is 0.229 e. The zero-order chi connectivity index (χ0) is 15.4. The molecule has 0 spiro atoms. The summed E-state index contributed by atoms with van der Waals surface area (Å²) in [5.41, 5.74) is 0.944. The van der Waals surface area contributed by atoms with Crippen molar-refractivity contribution in [3.8, 4) is 0 Å². The molecule has 0 aromatic carbocycles. The van der Waals surface area contributed by atoms with Crippen LogP contribution >= 0.6 is 0 Å². The minimum atomic E-state index is 0.120. The lowest BCUT2D eigenvalue weighted by atomic mass is 9.94. The lowest BCUT2D eigenvalue weighted by molar-refractivity contribution is -0.130. The van der Waals surface area contributed by atoms with Crippen LogP contribution in [0, 0.1) is 0 Å². The topological polar surface area (TPSA) is 83.9 Å². The van der Waals surface area contributed by atoms with E-state index in [0.717, 1.165) is 25.1 Å². The normalized spacial score (nSPS) is 18.0. The Balaban J connectivity index is 1.75. The Morgan fingerprint density at radius 1 is 1.23 bits per heavy atom. The van der Waals surface area contributed by atoms with Crippen LogP contribution in [0.3, 0.4) is 0 Å². The number of anilines is 2. The molecule has 0 aliphatic carbocycles. The van der Waals surface area contributed by atoms with Gasteiger partial charge in [-0.05, 0) is 25.0 Å². The summed E-state index contributed by atoms with van der Waals surface area (Å²) in [7, 11) is 0. The van der Waals surface area contributed by atoms with Crippen LogP contribution in [-0.2, 0) is 4.79 Å². The fourth-order valence-corrected chi connectivity index (χ4v) is 2.63. The third-order valence-electron chi connectivity index (χ3n) is 3.75. The van der Waals surface area contributed by atoms with Crippen molar-refractivity contribution in [2.24, 2.45) is 0 Å². The summed E-state index contributed by atoms with van der Waals surface area (Å²) in [6, 6.07) is 3.66. The molecule has 0 saturated carbocycles. The highest BCUT2D eigenvalue weighted by atomic mass is 16.2. The Bertz CT molecular complexity index is 647. The summed E-state index contributed by atoms with van der Waals surface area (Å²) in [5, 5.41) is 2.99. The van der Waals surface area contributed by atoms with Gasteiger partial charge in [-0.2, -0.15) is 0 Å². The molecule has 1 fully saturated rings. The van der Waals surface area contributed by atoms with Gasteiger partial charge in [0, 0.05) is 44.5 Å². The molecular weight excluding hydrogens is 280 g/mol. The molecule has 22 heavy (non-hydrogen) atoms. The molecule has 0 radical (unpaired) electrons. The molecule has 1 N–H and O–H groups in total. The van der Waals surface area contributed by atoms with Gasteiger partial charge in [-0.3, -0.25) is 10.1 Å². The van der Waals surface area contributed by atoms with Crippen LogP contribution in [0.15, 0.2) is 30.7 Å². The molecule has 3 rings (SSSR count). The fourth-order valence-electron chi connectivity index (χ4n) is 2.63. The van der Waals surface area contributed by atoms with Gasteiger partial charge in [0.2, 0.25) is 17.8 Å². The van der Waals surface area contributed by atoms with Gasteiger partial charge in [0.25, 0.3) is 0 Å². The van der Waals surface area contributed by atoms with E-state index in [-0.39, 0.29) is 11.8 Å². The van der Waals surface area contributed by atoms with Gasteiger partial charge in [-0.25, -0.2) is 19.9 Å². The van der Waals surface area contributed by atoms with Crippen molar-refractivity contribution in [1.29, 1.82) is 0 Å². The van der Waals surface area contributed by atoms with Gasteiger partial charge < -0.3 is 4.90 Å². The second kappa shape index (κ2) is 6.46. The van der Waals surface area contributed by atoms with Crippen LogP contribution in [-0.4, -0.2) is 43.8 Å². The van der Waals surface area contributed by atoms with E-state index >= 15 is 0 Å². The van der Waals surface area contributed by atoms with E-state index in [1.54, 1.807) is 31.6 Å². The number of hydrogen-bond acceptors (Lipinski definition) is 6. The molecule has 1 aliphatic heterocycles. The molecule has 7 nitrogen and oxygen atoms in total. The smallest absolute Gasteiger partial charge is 0.229 e. The van der Waals surface area contributed by atoms with E-state index in [1.807, 2.05) is 11.0 Å². The van der Waals surface area contributed by atoms with Gasteiger partial charge in [0.05, 0.1) is 5.69 Å².